The number of ether oxygens (including phenoxy) is 7. The largest absolute Gasteiger partial charge is 0.496 e. The van der Waals surface area contributed by atoms with Crippen molar-refractivity contribution in [3.05, 3.63) is 35.4 Å². The lowest BCUT2D eigenvalue weighted by Crippen LogP contribution is -2.14. The summed E-state index contributed by atoms with van der Waals surface area (Å²) in [5.74, 6) is -0.282. The molecule has 0 unspecified atom stereocenters. The van der Waals surface area contributed by atoms with E-state index in [0.717, 1.165) is 0 Å². The fraction of sp³-hybridized carbons (Fsp3) is 0.300. The molecule has 9 nitrogen and oxygen atoms in total. The van der Waals surface area contributed by atoms with E-state index in [1.807, 2.05) is 0 Å². The first-order valence-electron chi connectivity index (χ1n) is 8.30. The van der Waals surface area contributed by atoms with Crippen LogP contribution in [0.15, 0.2) is 24.3 Å². The van der Waals surface area contributed by atoms with Crippen LogP contribution in [0.4, 0.5) is 0 Å². The van der Waals surface area contributed by atoms with E-state index in [9.17, 15) is 9.59 Å². The summed E-state index contributed by atoms with van der Waals surface area (Å²) < 4.78 is 36.4. The molecule has 29 heavy (non-hydrogen) atoms. The number of methoxy groups -OCH3 is 6. The highest BCUT2D eigenvalue weighted by Gasteiger charge is 2.25. The maximum atomic E-state index is 12.8. The Kier molecular flexibility index (Phi) is 7.13. The van der Waals surface area contributed by atoms with Crippen LogP contribution in [0.5, 0.6) is 34.5 Å². The molecule has 2 aromatic carbocycles. The highest BCUT2D eigenvalue weighted by atomic mass is 16.6. The van der Waals surface area contributed by atoms with Gasteiger partial charge in [-0.15, -0.1) is 0 Å². The van der Waals surface area contributed by atoms with Crippen molar-refractivity contribution >= 4 is 11.9 Å². The first-order chi connectivity index (χ1) is 13.9. The molecule has 0 aliphatic rings. The van der Waals surface area contributed by atoms with Gasteiger partial charge in [-0.1, -0.05) is 0 Å². The molecule has 0 N–H and O–H groups in total. The second-order valence-corrected chi connectivity index (χ2v) is 5.50. The van der Waals surface area contributed by atoms with E-state index < -0.39 is 11.9 Å². The zero-order valence-electron chi connectivity index (χ0n) is 17.0. The Morgan fingerprint density at radius 3 is 1.62 bits per heavy atom. The summed E-state index contributed by atoms with van der Waals surface area (Å²) >= 11 is 0. The average Bonchev–Trinajstić information content (AvgIpc) is 2.76. The van der Waals surface area contributed by atoms with Gasteiger partial charge in [-0.25, -0.2) is 9.59 Å². The van der Waals surface area contributed by atoms with Crippen molar-refractivity contribution in [1.29, 1.82) is 0 Å². The quantitative estimate of drug-likeness (QED) is 0.484. The molecule has 2 aromatic rings. The van der Waals surface area contributed by atoms with Crippen LogP contribution in [0.3, 0.4) is 0 Å². The zero-order valence-corrected chi connectivity index (χ0v) is 17.0. The summed E-state index contributed by atoms with van der Waals surface area (Å²) in [5.41, 5.74) is 0.0497. The molecule has 0 aliphatic heterocycles. The minimum Gasteiger partial charge on any atom is -0.496 e. The van der Waals surface area contributed by atoms with Crippen molar-refractivity contribution in [3.8, 4) is 34.5 Å². The van der Waals surface area contributed by atoms with Crippen molar-refractivity contribution in [2.24, 2.45) is 0 Å². The van der Waals surface area contributed by atoms with Crippen LogP contribution in [-0.2, 0) is 4.74 Å². The summed E-state index contributed by atoms with van der Waals surface area (Å²) in [4.78, 5) is 25.0. The SMILES string of the molecule is COC(=O)c1c(OC)cc(OC)cc1OC(=O)c1cc(OC)c(OC)c(OC)c1. The predicted octanol–water partition coefficient (Wildman–Crippen LogP) is 2.74. The third-order valence-corrected chi connectivity index (χ3v) is 3.99. The lowest BCUT2D eigenvalue weighted by atomic mass is 10.1. The van der Waals surface area contributed by atoms with Gasteiger partial charge in [-0.3, -0.25) is 0 Å². The van der Waals surface area contributed by atoms with Crippen LogP contribution >= 0.6 is 0 Å². The molecule has 0 aromatic heterocycles. The molecular formula is C20H22O9. The predicted molar refractivity (Wildman–Crippen MR) is 102 cm³/mol. The Morgan fingerprint density at radius 1 is 0.621 bits per heavy atom. The monoisotopic (exact) mass is 406 g/mol. The van der Waals surface area contributed by atoms with Crippen LogP contribution in [0.2, 0.25) is 0 Å². The van der Waals surface area contributed by atoms with Crippen LogP contribution in [0, 0.1) is 0 Å². The molecule has 0 saturated carbocycles. The Balaban J connectivity index is 2.53. The van der Waals surface area contributed by atoms with Crippen molar-refractivity contribution in [3.63, 3.8) is 0 Å². The topological polar surface area (TPSA) is 98.8 Å². The fourth-order valence-corrected chi connectivity index (χ4v) is 2.59. The molecule has 2 rings (SSSR count). The highest BCUT2D eigenvalue weighted by molar-refractivity contribution is 5.99. The molecule has 0 amide bonds. The van der Waals surface area contributed by atoms with Crippen LogP contribution < -0.4 is 28.4 Å². The molecule has 0 fully saturated rings. The van der Waals surface area contributed by atoms with Gasteiger partial charge in [0.05, 0.1) is 48.2 Å². The van der Waals surface area contributed by atoms with Crippen molar-refractivity contribution in [1.82, 2.24) is 0 Å². The van der Waals surface area contributed by atoms with Gasteiger partial charge in [-0.2, -0.15) is 0 Å². The van der Waals surface area contributed by atoms with E-state index in [1.165, 1.54) is 66.9 Å². The highest BCUT2D eigenvalue weighted by Crippen LogP contribution is 2.39. The molecule has 156 valence electrons. The summed E-state index contributed by atoms with van der Waals surface area (Å²) in [6.07, 6.45) is 0. The van der Waals surface area contributed by atoms with Gasteiger partial charge in [0.15, 0.2) is 17.2 Å². The Hall–Kier alpha value is -3.62. The third-order valence-electron chi connectivity index (χ3n) is 3.99. The lowest BCUT2D eigenvalue weighted by molar-refractivity contribution is 0.0589. The van der Waals surface area contributed by atoms with Crippen LogP contribution in [0.1, 0.15) is 20.7 Å². The number of carbonyl (C=O) groups is 2. The normalized spacial score (nSPS) is 10.0. The number of benzene rings is 2. The minimum absolute atomic E-state index is 0.0587. The maximum Gasteiger partial charge on any atom is 0.345 e. The zero-order chi connectivity index (χ0) is 21.6. The average molecular weight is 406 g/mol. The Bertz CT molecular complexity index is 880. The second kappa shape index (κ2) is 9.54. The molecule has 0 spiro atoms. The molecule has 0 aliphatic carbocycles. The van der Waals surface area contributed by atoms with E-state index in [-0.39, 0.29) is 34.1 Å². The number of esters is 2. The van der Waals surface area contributed by atoms with E-state index >= 15 is 0 Å². The first-order valence-corrected chi connectivity index (χ1v) is 8.30. The van der Waals surface area contributed by atoms with E-state index in [1.54, 1.807) is 0 Å². The van der Waals surface area contributed by atoms with Gasteiger partial charge in [0.1, 0.15) is 17.1 Å². The van der Waals surface area contributed by atoms with Crippen LogP contribution in [-0.4, -0.2) is 54.6 Å². The van der Waals surface area contributed by atoms with Gasteiger partial charge in [-0.05, 0) is 12.1 Å². The van der Waals surface area contributed by atoms with Crippen molar-refractivity contribution in [2.75, 3.05) is 42.7 Å². The van der Waals surface area contributed by atoms with Crippen molar-refractivity contribution in [2.45, 2.75) is 0 Å². The molecule has 0 saturated heterocycles. The molecule has 0 bridgehead atoms. The van der Waals surface area contributed by atoms with Gasteiger partial charge in [0.2, 0.25) is 5.75 Å². The first kappa shape index (κ1) is 21.7. The standard InChI is InChI=1S/C20H22O9/c1-23-12-9-13(24-2)17(20(22)28-6)14(10-12)29-19(21)11-7-15(25-3)18(27-5)16(8-11)26-4/h7-10H,1-6H3. The number of carbonyl (C=O) groups excluding carboxylic acids is 2. The maximum absolute atomic E-state index is 12.8. The summed E-state index contributed by atoms with van der Waals surface area (Å²) in [6.45, 7) is 0. The summed E-state index contributed by atoms with van der Waals surface area (Å²) in [7, 11) is 8.30. The van der Waals surface area contributed by atoms with Crippen LogP contribution in [0.25, 0.3) is 0 Å². The van der Waals surface area contributed by atoms with E-state index in [2.05, 4.69) is 0 Å². The van der Waals surface area contributed by atoms with E-state index in [0.29, 0.717) is 11.5 Å². The van der Waals surface area contributed by atoms with Gasteiger partial charge in [0.25, 0.3) is 0 Å². The van der Waals surface area contributed by atoms with Gasteiger partial charge in [0, 0.05) is 12.1 Å². The minimum atomic E-state index is -0.773. The smallest absolute Gasteiger partial charge is 0.345 e. The fourth-order valence-electron chi connectivity index (χ4n) is 2.59. The Labute approximate surface area is 168 Å². The summed E-state index contributed by atoms with van der Waals surface area (Å²) in [6, 6.07) is 5.71. The molecule has 0 radical (unpaired) electrons. The van der Waals surface area contributed by atoms with Gasteiger partial charge < -0.3 is 33.2 Å². The lowest BCUT2D eigenvalue weighted by Gasteiger charge is -2.16. The number of hydrogen-bond donors (Lipinski definition) is 0. The third kappa shape index (κ3) is 4.45. The molecule has 0 heterocycles. The van der Waals surface area contributed by atoms with E-state index in [4.69, 9.17) is 33.2 Å². The molecule has 9 heteroatoms. The Morgan fingerprint density at radius 2 is 1.17 bits per heavy atom. The molecule has 0 atom stereocenters. The van der Waals surface area contributed by atoms with Gasteiger partial charge >= 0.3 is 11.9 Å². The number of rotatable bonds is 8. The molecular weight excluding hydrogens is 384 g/mol. The van der Waals surface area contributed by atoms with Crippen molar-refractivity contribution < 1.29 is 42.7 Å². The second-order valence-electron chi connectivity index (χ2n) is 5.50. The number of hydrogen-bond acceptors (Lipinski definition) is 9. The summed E-state index contributed by atoms with van der Waals surface area (Å²) in [5, 5.41) is 0.